The van der Waals surface area contributed by atoms with E-state index in [1.807, 2.05) is 0 Å². The minimum atomic E-state index is -1.50. The lowest BCUT2D eigenvalue weighted by Crippen LogP contribution is -2.61. The van der Waals surface area contributed by atoms with Crippen LogP contribution in [-0.2, 0) is 14.2 Å². The van der Waals surface area contributed by atoms with E-state index in [-0.39, 0.29) is 12.3 Å². The van der Waals surface area contributed by atoms with Gasteiger partial charge in [0.2, 0.25) is 0 Å². The molecule has 6 atom stereocenters. The maximum Gasteiger partial charge on any atom is 0.269 e. The third-order valence-electron chi connectivity index (χ3n) is 3.73. The van der Waals surface area contributed by atoms with Crippen LogP contribution in [0.3, 0.4) is 0 Å². The average Bonchev–Trinajstić information content (AvgIpc) is 2.52. The summed E-state index contributed by atoms with van der Waals surface area (Å²) in [5.41, 5.74) is 0.480. The SMILES string of the molecule is O=[N+]([O-])c1ccc(C2OC[C@H]3O[C@H](O)[C@H](O)[C@@H](O)[C@H]3O2)cc1. The number of nitro groups is 1. The van der Waals surface area contributed by atoms with E-state index < -0.39 is 41.9 Å². The third kappa shape index (κ3) is 2.70. The summed E-state index contributed by atoms with van der Waals surface area (Å²) in [5.74, 6) is 0. The van der Waals surface area contributed by atoms with E-state index in [2.05, 4.69) is 0 Å². The Labute approximate surface area is 124 Å². The number of rotatable bonds is 2. The summed E-state index contributed by atoms with van der Waals surface area (Å²) in [7, 11) is 0. The van der Waals surface area contributed by atoms with Crippen molar-refractivity contribution in [2.24, 2.45) is 0 Å². The fourth-order valence-electron chi connectivity index (χ4n) is 2.51. The van der Waals surface area contributed by atoms with E-state index in [9.17, 15) is 25.4 Å². The first kappa shape index (κ1) is 15.3. The molecule has 0 spiro atoms. The van der Waals surface area contributed by atoms with Gasteiger partial charge in [-0.2, -0.15) is 0 Å². The summed E-state index contributed by atoms with van der Waals surface area (Å²) in [5, 5.41) is 39.7. The summed E-state index contributed by atoms with van der Waals surface area (Å²) >= 11 is 0. The van der Waals surface area contributed by atoms with Gasteiger partial charge in [-0.25, -0.2) is 0 Å². The Morgan fingerprint density at radius 1 is 1.09 bits per heavy atom. The highest BCUT2D eigenvalue weighted by Crippen LogP contribution is 2.33. The first-order valence-electron chi connectivity index (χ1n) is 6.68. The lowest BCUT2D eigenvalue weighted by molar-refractivity contribution is -0.385. The molecule has 0 saturated carbocycles. The molecule has 0 radical (unpaired) electrons. The minimum Gasteiger partial charge on any atom is -0.387 e. The monoisotopic (exact) mass is 313 g/mol. The normalized spacial score (nSPS) is 38.3. The number of aliphatic hydroxyl groups is 3. The molecular weight excluding hydrogens is 298 g/mol. The van der Waals surface area contributed by atoms with Crippen LogP contribution in [0.2, 0.25) is 0 Å². The van der Waals surface area contributed by atoms with Gasteiger partial charge in [-0.15, -0.1) is 0 Å². The predicted octanol–water partition coefficient (Wildman–Crippen LogP) is -0.552. The number of fused-ring (bicyclic) bond motifs is 1. The molecule has 2 fully saturated rings. The van der Waals surface area contributed by atoms with Gasteiger partial charge in [0.15, 0.2) is 12.6 Å². The second-order valence-electron chi connectivity index (χ2n) is 5.16. The predicted molar refractivity (Wildman–Crippen MR) is 69.6 cm³/mol. The standard InChI is InChI=1S/C13H15NO8/c15-9-10(16)12(17)21-8-5-20-13(22-11(8)9)6-1-3-7(4-2-6)14(18)19/h1-4,8-13,15-17H,5H2/t8-,9-,10-,11+,12+,13?/m1/s1. The number of benzene rings is 1. The van der Waals surface area contributed by atoms with Gasteiger partial charge in [-0.1, -0.05) is 0 Å². The van der Waals surface area contributed by atoms with E-state index in [1.54, 1.807) is 0 Å². The molecule has 120 valence electrons. The molecule has 9 heteroatoms. The van der Waals surface area contributed by atoms with Crippen molar-refractivity contribution in [1.29, 1.82) is 0 Å². The second-order valence-corrected chi connectivity index (χ2v) is 5.16. The van der Waals surface area contributed by atoms with Crippen LogP contribution in [-0.4, -0.2) is 57.6 Å². The van der Waals surface area contributed by atoms with Gasteiger partial charge in [0, 0.05) is 17.7 Å². The van der Waals surface area contributed by atoms with E-state index >= 15 is 0 Å². The van der Waals surface area contributed by atoms with Crippen LogP contribution in [0.5, 0.6) is 0 Å². The number of nitrogens with zero attached hydrogens (tertiary/aromatic N) is 1. The highest BCUT2D eigenvalue weighted by molar-refractivity contribution is 5.33. The lowest BCUT2D eigenvalue weighted by Gasteiger charge is -2.45. The molecule has 2 heterocycles. The molecule has 3 rings (SSSR count). The first-order valence-corrected chi connectivity index (χ1v) is 6.68. The van der Waals surface area contributed by atoms with Crippen molar-refractivity contribution in [1.82, 2.24) is 0 Å². The van der Waals surface area contributed by atoms with Gasteiger partial charge >= 0.3 is 0 Å². The number of nitro benzene ring substituents is 1. The van der Waals surface area contributed by atoms with Gasteiger partial charge in [-0.05, 0) is 12.1 Å². The molecule has 1 unspecified atom stereocenters. The number of ether oxygens (including phenoxy) is 3. The lowest BCUT2D eigenvalue weighted by atomic mass is 9.98. The van der Waals surface area contributed by atoms with Gasteiger partial charge < -0.3 is 29.5 Å². The fourth-order valence-corrected chi connectivity index (χ4v) is 2.51. The van der Waals surface area contributed by atoms with E-state index in [1.165, 1.54) is 24.3 Å². The van der Waals surface area contributed by atoms with E-state index in [0.29, 0.717) is 5.56 Å². The molecule has 0 aromatic heterocycles. The van der Waals surface area contributed by atoms with Crippen molar-refractivity contribution in [3.63, 3.8) is 0 Å². The molecule has 22 heavy (non-hydrogen) atoms. The molecule has 3 N–H and O–H groups in total. The second kappa shape index (κ2) is 5.88. The molecule has 0 amide bonds. The highest BCUT2D eigenvalue weighted by atomic mass is 16.7. The highest BCUT2D eigenvalue weighted by Gasteiger charge is 2.48. The van der Waals surface area contributed by atoms with E-state index in [4.69, 9.17) is 14.2 Å². The Morgan fingerprint density at radius 2 is 1.77 bits per heavy atom. The molecule has 9 nitrogen and oxygen atoms in total. The average molecular weight is 313 g/mol. The van der Waals surface area contributed by atoms with E-state index in [0.717, 1.165) is 0 Å². The Hall–Kier alpha value is -1.62. The quantitative estimate of drug-likeness (QED) is 0.489. The van der Waals surface area contributed by atoms with Gasteiger partial charge in [0.05, 0.1) is 11.5 Å². The summed E-state index contributed by atoms with van der Waals surface area (Å²) in [6, 6.07) is 5.62. The Balaban J connectivity index is 1.74. The van der Waals surface area contributed by atoms with Gasteiger partial charge in [-0.3, -0.25) is 10.1 Å². The van der Waals surface area contributed by atoms with Crippen LogP contribution in [0.15, 0.2) is 24.3 Å². The number of aliphatic hydroxyl groups excluding tert-OH is 3. The van der Waals surface area contributed by atoms with Crippen molar-refractivity contribution < 1.29 is 34.5 Å². The van der Waals surface area contributed by atoms with Crippen LogP contribution >= 0.6 is 0 Å². The molecule has 2 aliphatic rings. The third-order valence-corrected chi connectivity index (χ3v) is 3.73. The Bertz CT molecular complexity index is 547. The maximum absolute atomic E-state index is 10.6. The van der Waals surface area contributed by atoms with Crippen LogP contribution in [0.4, 0.5) is 5.69 Å². The van der Waals surface area contributed by atoms with Crippen molar-refractivity contribution in [2.45, 2.75) is 37.0 Å². The molecule has 2 aliphatic heterocycles. The summed E-state index contributed by atoms with van der Waals surface area (Å²) in [4.78, 5) is 10.1. The number of hydrogen-bond donors (Lipinski definition) is 3. The van der Waals surface area contributed by atoms with Crippen LogP contribution in [0.1, 0.15) is 11.9 Å². The summed E-state index contributed by atoms with van der Waals surface area (Å²) < 4.78 is 16.1. The van der Waals surface area contributed by atoms with Crippen LogP contribution < -0.4 is 0 Å². The van der Waals surface area contributed by atoms with Crippen molar-refractivity contribution in [3.05, 3.63) is 39.9 Å². The zero-order chi connectivity index (χ0) is 15.9. The molecule has 1 aromatic rings. The Kier molecular flexibility index (Phi) is 4.08. The van der Waals surface area contributed by atoms with Crippen molar-refractivity contribution in [2.75, 3.05) is 6.61 Å². The van der Waals surface area contributed by atoms with Crippen molar-refractivity contribution >= 4 is 5.69 Å². The number of hydrogen-bond acceptors (Lipinski definition) is 8. The van der Waals surface area contributed by atoms with Crippen LogP contribution in [0.25, 0.3) is 0 Å². The zero-order valence-corrected chi connectivity index (χ0v) is 11.3. The van der Waals surface area contributed by atoms with Gasteiger partial charge in [0.25, 0.3) is 5.69 Å². The van der Waals surface area contributed by atoms with Crippen molar-refractivity contribution in [3.8, 4) is 0 Å². The smallest absolute Gasteiger partial charge is 0.269 e. The van der Waals surface area contributed by atoms with Gasteiger partial charge in [0.1, 0.15) is 24.4 Å². The minimum absolute atomic E-state index is 0.0488. The summed E-state index contributed by atoms with van der Waals surface area (Å²) in [6.45, 7) is 0.0488. The Morgan fingerprint density at radius 3 is 2.41 bits per heavy atom. The molecule has 1 aromatic carbocycles. The number of non-ortho nitro benzene ring substituents is 1. The molecule has 2 saturated heterocycles. The molecular formula is C13H15NO8. The summed E-state index contributed by atoms with van der Waals surface area (Å²) in [6.07, 6.45) is -6.72. The first-order chi connectivity index (χ1) is 10.5. The maximum atomic E-state index is 10.6. The molecule has 0 aliphatic carbocycles. The topological polar surface area (TPSA) is 132 Å². The van der Waals surface area contributed by atoms with Crippen LogP contribution in [0, 0.1) is 10.1 Å². The zero-order valence-electron chi connectivity index (χ0n) is 11.3. The molecule has 0 bridgehead atoms. The fraction of sp³-hybridized carbons (Fsp3) is 0.538. The largest absolute Gasteiger partial charge is 0.387 e.